The van der Waals surface area contributed by atoms with E-state index in [1.165, 1.54) is 30.3 Å². The minimum absolute atomic E-state index is 0.00843. The van der Waals surface area contributed by atoms with Crippen LogP contribution in [0.25, 0.3) is 167 Å². The molecule has 15 aromatic heterocycles. The zero-order valence-corrected chi connectivity index (χ0v) is 78.1. The number of rotatable bonds is 15. The lowest BCUT2D eigenvalue weighted by atomic mass is 9.97. The molecule has 25 nitrogen and oxygen atoms in total. The number of nitriles is 1. The average Bonchev–Trinajstić information content (AvgIpc) is 1.74. The van der Waals surface area contributed by atoms with Crippen LogP contribution in [0.4, 0.5) is 0 Å². The molecule has 0 aliphatic heterocycles. The Kier molecular flexibility index (Phi) is 26.5. The van der Waals surface area contributed by atoms with Crippen molar-refractivity contribution in [2.45, 2.75) is 71.1 Å². The van der Waals surface area contributed by atoms with Crippen LogP contribution >= 0.6 is 34.8 Å². The van der Waals surface area contributed by atoms with Crippen LogP contribution in [0.1, 0.15) is 74.5 Å². The van der Waals surface area contributed by atoms with E-state index in [-0.39, 0.29) is 77.6 Å². The third-order valence-corrected chi connectivity index (χ3v) is 24.9. The number of aryl methyl sites for hydroxylation is 1. The van der Waals surface area contributed by atoms with Gasteiger partial charge in [0.2, 0.25) is 0 Å². The van der Waals surface area contributed by atoms with Crippen LogP contribution in [0.5, 0.6) is 0 Å². The molecule has 0 radical (unpaired) electrons. The van der Waals surface area contributed by atoms with E-state index in [2.05, 4.69) is 41.0 Å². The van der Waals surface area contributed by atoms with Gasteiger partial charge in [0.1, 0.15) is 43.4 Å². The van der Waals surface area contributed by atoms with Crippen molar-refractivity contribution in [3.8, 4) is 118 Å². The summed E-state index contributed by atoms with van der Waals surface area (Å²) in [6.45, 7) is 6.16. The van der Waals surface area contributed by atoms with Gasteiger partial charge in [-0.1, -0.05) is 199 Å². The molecule has 0 spiro atoms. The van der Waals surface area contributed by atoms with Gasteiger partial charge in [-0.15, -0.1) is 0 Å². The van der Waals surface area contributed by atoms with Gasteiger partial charge in [-0.3, -0.25) is 43.2 Å². The smallest absolute Gasteiger partial charge is 0.269 e. The van der Waals surface area contributed by atoms with Crippen LogP contribution in [0.15, 0.2) is 384 Å². The van der Waals surface area contributed by atoms with Crippen molar-refractivity contribution in [2.75, 3.05) is 0 Å². The van der Waals surface area contributed by atoms with Crippen molar-refractivity contribution in [3.05, 3.63) is 465 Å². The fraction of sp³-hybridized carbons (Fsp3) is 0.0973. The van der Waals surface area contributed by atoms with Crippen LogP contribution in [0.3, 0.4) is 0 Å². The van der Waals surface area contributed by atoms with Crippen molar-refractivity contribution in [1.29, 1.82) is 5.26 Å². The Balaban J connectivity index is 0.000000112. The first kappa shape index (κ1) is 92.5. The molecular weight excluding hydrogens is 1830 g/mol. The first-order chi connectivity index (χ1) is 68.5. The molecule has 2 saturated carbocycles. The number of nitrogens with one attached hydrogen (secondary N) is 5. The monoisotopic (exact) mass is 1910 g/mol. The topological polar surface area (TPSA) is 353 Å². The Morgan fingerprint density at radius 1 is 0.333 bits per heavy atom. The van der Waals surface area contributed by atoms with E-state index in [0.717, 1.165) is 137 Å². The fourth-order valence-electron chi connectivity index (χ4n) is 16.9. The standard InChI is InChI=1S/C26H19N3O2.C22H16ClN3O2.C22H18ClN3O2.C22H17N3O2.C21H13ClN4O/c30-23-13-14-27-26-22(23)15-21(25(28-26)19-9-5-2-6-10-19)20-11-12-24(31)29(17-20)16-18-7-3-1-4-8-18;23-18-10-14(12-26(22(18)28)15-6-7-15)16-11-17-19(27)8-9-24-21(17)25-20(16)13-4-2-1-3-5-13;1-13(2)26-12-15(10-18(23)22(26)28)16-11-17-19(27)8-9-24-21(17)25-20(16)14-6-4-3-5-7-14;26-19-10-11-23-22-18(19)12-17(21(24-22)14-4-2-1-3-5-14)15-6-9-20(27)25(13-15)16-7-8-16;1-12-7-15(9-19(22)25-12)16-10-17-18(27)5-6-24-21(17)26-20(16)14-4-2-3-13(8-14)11-23/h1-15,17H,16H2,(H,27,28,30);1-5,8-12,15H,6-7H2,(H,24,25,27);3-13H,1-2H3,(H,24,25,27);1-6,9-13,16H,7-8H2,(H,23,24,26);2-10H,1H3,(H,24,26,27). The van der Waals surface area contributed by atoms with E-state index < -0.39 is 0 Å². The zero-order chi connectivity index (χ0) is 97.6. The predicted molar refractivity (Wildman–Crippen MR) is 558 cm³/mol. The molecule has 2 fully saturated rings. The van der Waals surface area contributed by atoms with Crippen LogP contribution in [-0.2, 0) is 6.54 Å². The summed E-state index contributed by atoms with van der Waals surface area (Å²) in [6, 6.07) is 89.1. The van der Waals surface area contributed by atoms with Crippen molar-refractivity contribution < 1.29 is 0 Å². The number of aromatic nitrogens is 15. The van der Waals surface area contributed by atoms with Gasteiger partial charge in [0.15, 0.2) is 27.1 Å². The van der Waals surface area contributed by atoms with Gasteiger partial charge in [-0.25, -0.2) is 29.9 Å². The molecule has 0 unspecified atom stereocenters. The quantitative estimate of drug-likeness (QED) is 0.0595. The highest BCUT2D eigenvalue weighted by molar-refractivity contribution is 6.31. The van der Waals surface area contributed by atoms with Gasteiger partial charge in [-0.2, -0.15) is 5.26 Å². The highest BCUT2D eigenvalue weighted by Gasteiger charge is 2.29. The van der Waals surface area contributed by atoms with Crippen molar-refractivity contribution >= 4 is 90.0 Å². The average molecular weight is 1920 g/mol. The van der Waals surface area contributed by atoms with E-state index in [0.29, 0.717) is 83.8 Å². The maximum atomic E-state index is 12.5. The Morgan fingerprint density at radius 2 is 0.681 bits per heavy atom. The summed E-state index contributed by atoms with van der Waals surface area (Å²) in [5.74, 6) is 0. The van der Waals surface area contributed by atoms with Gasteiger partial charge in [0.05, 0.1) is 73.6 Å². The number of nitrogens with zero attached hydrogens (tertiary/aromatic N) is 11. The fourth-order valence-corrected chi connectivity index (χ4v) is 17.6. The second-order valence-corrected chi connectivity index (χ2v) is 35.5. The SMILES string of the molecule is CC(C)n1cc(-c2cc3c(=O)cc[nH]c3nc2-c2ccccc2)cc(Cl)c1=O.Cc1cc(-c2cc3c(=O)cc[nH]c3nc2-c2cccc(C#N)c2)cc(Cl)n1.O=c1cc[nH]c2nc(-c3ccccc3)c(-c3cc(Cl)c(=O)n(C4CC4)c3)cc12.O=c1cc[nH]c2nc(-c3ccccc3)c(-c3ccc(=O)n(C4CC4)c3)cc12.O=c1cc[nH]c2nc(-c3ccccc3)c(-c3ccc(=O)n(Cc4ccccc4)c3)cc12. The van der Waals surface area contributed by atoms with Crippen LogP contribution in [-0.4, -0.2) is 73.1 Å². The predicted octanol–water partition coefficient (Wildman–Crippen LogP) is 21.8. The molecule has 15 heterocycles. The highest BCUT2D eigenvalue weighted by Crippen LogP contribution is 2.42. The Morgan fingerprint density at radius 3 is 1.08 bits per heavy atom. The number of pyridine rings is 15. The lowest BCUT2D eigenvalue weighted by molar-refractivity contribution is 0.579. The van der Waals surface area contributed by atoms with E-state index in [4.69, 9.17) is 54.7 Å². The molecule has 6 aromatic carbocycles. The minimum Gasteiger partial charge on any atom is -0.346 e. The van der Waals surface area contributed by atoms with E-state index >= 15 is 0 Å². The minimum atomic E-state index is -0.242. The zero-order valence-electron chi connectivity index (χ0n) is 75.8. The summed E-state index contributed by atoms with van der Waals surface area (Å²) >= 11 is 18.7. The van der Waals surface area contributed by atoms with Gasteiger partial charge in [-0.05, 0) is 136 Å². The van der Waals surface area contributed by atoms with Crippen LogP contribution in [0, 0.1) is 18.3 Å². The Hall–Kier alpha value is -17.6. The van der Waals surface area contributed by atoms with E-state index in [1.807, 2.05) is 240 Å². The largest absolute Gasteiger partial charge is 0.346 e. The van der Waals surface area contributed by atoms with Gasteiger partial charge >= 0.3 is 0 Å². The summed E-state index contributed by atoms with van der Waals surface area (Å²) in [5, 5.41) is 12.4. The molecule has 0 saturated heterocycles. The number of aromatic amines is 5. The third-order valence-electron chi connectivity index (χ3n) is 24.2. The third kappa shape index (κ3) is 20.2. The Labute approximate surface area is 817 Å². The molecule has 23 rings (SSSR count). The summed E-state index contributed by atoms with van der Waals surface area (Å²) in [6.07, 6.45) is 19.3. The molecule has 2 aliphatic rings. The Bertz CT molecular complexity index is 8870. The molecular formula is C113H83Cl3N16O9. The number of hydrogen-bond donors (Lipinski definition) is 5. The van der Waals surface area contributed by atoms with E-state index in [9.17, 15) is 48.4 Å². The molecule has 21 aromatic rings. The molecule has 28 heteroatoms. The van der Waals surface area contributed by atoms with Crippen molar-refractivity contribution in [1.82, 2.24) is 73.1 Å². The van der Waals surface area contributed by atoms with Gasteiger partial charge < -0.3 is 43.2 Å². The second-order valence-electron chi connectivity index (χ2n) is 34.3. The van der Waals surface area contributed by atoms with Crippen molar-refractivity contribution in [3.63, 3.8) is 0 Å². The first-order valence-electron chi connectivity index (χ1n) is 45.3. The van der Waals surface area contributed by atoms with E-state index in [1.54, 1.807) is 110 Å². The number of fused-ring (bicyclic) bond motifs is 5. The number of H-pyrrole nitrogens is 5. The van der Waals surface area contributed by atoms with Crippen LogP contribution in [0.2, 0.25) is 15.2 Å². The maximum absolute atomic E-state index is 12.5. The number of hydrogen-bond acceptors (Lipinski definition) is 16. The molecule has 690 valence electrons. The molecule has 0 atom stereocenters. The lowest BCUT2D eigenvalue weighted by Crippen LogP contribution is -2.21. The molecule has 2 aliphatic carbocycles. The first-order valence-corrected chi connectivity index (χ1v) is 46.5. The summed E-state index contributed by atoms with van der Waals surface area (Å²) in [7, 11) is 0. The summed E-state index contributed by atoms with van der Waals surface area (Å²) in [4.78, 5) is 154. The van der Waals surface area contributed by atoms with Crippen molar-refractivity contribution in [2.24, 2.45) is 0 Å². The van der Waals surface area contributed by atoms with Gasteiger partial charge in [0, 0.05) is 200 Å². The molecule has 141 heavy (non-hydrogen) atoms. The second kappa shape index (κ2) is 40.4. The lowest BCUT2D eigenvalue weighted by Gasteiger charge is -2.15. The molecule has 0 amide bonds. The number of halogens is 3. The maximum Gasteiger partial charge on any atom is 0.269 e. The van der Waals surface area contributed by atoms with Gasteiger partial charge in [0.25, 0.3) is 22.2 Å². The summed E-state index contributed by atoms with van der Waals surface area (Å²) < 4.78 is 6.76. The summed E-state index contributed by atoms with van der Waals surface area (Å²) in [5.41, 5.74) is 20.0. The molecule has 0 bridgehead atoms. The molecule has 5 N–H and O–H groups in total. The highest BCUT2D eigenvalue weighted by atomic mass is 35.5. The number of benzene rings is 6. The van der Waals surface area contributed by atoms with Crippen LogP contribution < -0.4 is 49.4 Å². The normalized spacial score (nSPS) is 12.1.